The lowest BCUT2D eigenvalue weighted by atomic mass is 9.85. The Bertz CT molecular complexity index is 361. The molecular weight excluding hydrogens is 214 g/mol. The Morgan fingerprint density at radius 1 is 1.29 bits per heavy atom. The minimum absolute atomic E-state index is 0.655. The van der Waals surface area contributed by atoms with Crippen molar-refractivity contribution < 1.29 is 9.47 Å². The average Bonchev–Trinajstić information content (AvgIpc) is 2.28. The minimum atomic E-state index is 0.655. The molecule has 3 nitrogen and oxygen atoms in total. The molecule has 0 aromatic heterocycles. The quantitative estimate of drug-likeness (QED) is 0.820. The molecule has 94 valence electrons. The molecule has 1 aromatic carbocycles. The Hall–Kier alpha value is -1.38. The van der Waals surface area contributed by atoms with Crippen LogP contribution in [-0.2, 0) is 0 Å². The molecule has 1 aliphatic rings. The highest BCUT2D eigenvalue weighted by atomic mass is 16.5. The zero-order valence-corrected chi connectivity index (χ0v) is 10.7. The fourth-order valence-corrected chi connectivity index (χ4v) is 2.01. The number of rotatable bonds is 6. The second-order valence-corrected chi connectivity index (χ2v) is 4.48. The van der Waals surface area contributed by atoms with Crippen molar-refractivity contribution in [2.75, 3.05) is 25.6 Å². The van der Waals surface area contributed by atoms with Crippen LogP contribution in [0, 0.1) is 5.92 Å². The highest BCUT2D eigenvalue weighted by molar-refractivity contribution is 5.54. The summed E-state index contributed by atoms with van der Waals surface area (Å²) >= 11 is 0. The van der Waals surface area contributed by atoms with Crippen LogP contribution in [0.5, 0.6) is 11.5 Å². The molecule has 0 aliphatic heterocycles. The lowest BCUT2D eigenvalue weighted by Crippen LogP contribution is -2.20. The molecule has 1 fully saturated rings. The first-order valence-electron chi connectivity index (χ1n) is 6.38. The summed E-state index contributed by atoms with van der Waals surface area (Å²) in [5.74, 6) is 2.46. The Morgan fingerprint density at radius 2 is 2.12 bits per heavy atom. The standard InChI is InChI=1S/C14H21NO2/c1-3-17-14-9-12(7-8-13(14)16-2)15-10-11-5-4-6-11/h7-9,11,15H,3-6,10H2,1-2H3. The van der Waals surface area contributed by atoms with Crippen LogP contribution in [0.15, 0.2) is 18.2 Å². The minimum Gasteiger partial charge on any atom is -0.493 e. The van der Waals surface area contributed by atoms with Gasteiger partial charge in [-0.05, 0) is 37.8 Å². The van der Waals surface area contributed by atoms with Gasteiger partial charge in [0.05, 0.1) is 13.7 Å². The average molecular weight is 235 g/mol. The van der Waals surface area contributed by atoms with Gasteiger partial charge in [-0.1, -0.05) is 6.42 Å². The third-order valence-corrected chi connectivity index (χ3v) is 3.28. The first kappa shape index (κ1) is 12.1. The summed E-state index contributed by atoms with van der Waals surface area (Å²) in [5.41, 5.74) is 1.11. The fraction of sp³-hybridized carbons (Fsp3) is 0.571. The lowest BCUT2D eigenvalue weighted by Gasteiger charge is -2.26. The second-order valence-electron chi connectivity index (χ2n) is 4.48. The van der Waals surface area contributed by atoms with E-state index in [1.807, 2.05) is 25.1 Å². The van der Waals surface area contributed by atoms with Crippen LogP contribution in [0.4, 0.5) is 5.69 Å². The van der Waals surface area contributed by atoms with Crippen LogP contribution >= 0.6 is 0 Å². The van der Waals surface area contributed by atoms with Gasteiger partial charge in [0.15, 0.2) is 11.5 Å². The van der Waals surface area contributed by atoms with E-state index in [4.69, 9.17) is 9.47 Å². The van der Waals surface area contributed by atoms with Gasteiger partial charge < -0.3 is 14.8 Å². The van der Waals surface area contributed by atoms with E-state index in [1.165, 1.54) is 19.3 Å². The van der Waals surface area contributed by atoms with Gasteiger partial charge >= 0.3 is 0 Å². The normalized spacial score (nSPS) is 15.2. The SMILES string of the molecule is CCOc1cc(NCC2CCC2)ccc1OC. The first-order valence-corrected chi connectivity index (χ1v) is 6.38. The number of hydrogen-bond donors (Lipinski definition) is 1. The molecule has 1 N–H and O–H groups in total. The number of methoxy groups -OCH3 is 1. The molecule has 0 spiro atoms. The zero-order chi connectivity index (χ0) is 12.1. The van der Waals surface area contributed by atoms with Gasteiger partial charge in [0.1, 0.15) is 0 Å². The van der Waals surface area contributed by atoms with E-state index in [-0.39, 0.29) is 0 Å². The third kappa shape index (κ3) is 3.05. The highest BCUT2D eigenvalue weighted by Gasteiger charge is 2.16. The van der Waals surface area contributed by atoms with Crippen molar-refractivity contribution in [2.45, 2.75) is 26.2 Å². The van der Waals surface area contributed by atoms with E-state index in [0.29, 0.717) is 6.61 Å². The van der Waals surface area contributed by atoms with Crippen LogP contribution in [-0.4, -0.2) is 20.3 Å². The molecule has 1 saturated carbocycles. The van der Waals surface area contributed by atoms with Crippen molar-refractivity contribution in [1.82, 2.24) is 0 Å². The molecule has 1 aliphatic carbocycles. The predicted molar refractivity (Wildman–Crippen MR) is 70.0 cm³/mol. The summed E-state index contributed by atoms with van der Waals surface area (Å²) in [6.07, 6.45) is 4.11. The van der Waals surface area contributed by atoms with Gasteiger partial charge in [0.2, 0.25) is 0 Å². The Morgan fingerprint density at radius 3 is 2.71 bits per heavy atom. The van der Waals surface area contributed by atoms with E-state index in [2.05, 4.69) is 5.32 Å². The van der Waals surface area contributed by atoms with Crippen molar-refractivity contribution in [1.29, 1.82) is 0 Å². The van der Waals surface area contributed by atoms with Crippen molar-refractivity contribution in [3.05, 3.63) is 18.2 Å². The number of benzene rings is 1. The summed E-state index contributed by atoms with van der Waals surface area (Å²) in [6, 6.07) is 6.01. The summed E-state index contributed by atoms with van der Waals surface area (Å²) < 4.78 is 10.8. The monoisotopic (exact) mass is 235 g/mol. The van der Waals surface area contributed by atoms with Gasteiger partial charge in [0, 0.05) is 18.3 Å². The predicted octanol–water partition coefficient (Wildman–Crippen LogP) is 3.31. The van der Waals surface area contributed by atoms with E-state index in [0.717, 1.165) is 29.6 Å². The van der Waals surface area contributed by atoms with Crippen molar-refractivity contribution in [3.63, 3.8) is 0 Å². The van der Waals surface area contributed by atoms with Crippen LogP contribution in [0.3, 0.4) is 0 Å². The van der Waals surface area contributed by atoms with Gasteiger partial charge in [-0.2, -0.15) is 0 Å². The molecule has 1 aromatic rings. The van der Waals surface area contributed by atoms with Gasteiger partial charge in [-0.3, -0.25) is 0 Å². The maximum atomic E-state index is 5.55. The molecule has 0 bridgehead atoms. The first-order chi connectivity index (χ1) is 8.33. The Balaban J connectivity index is 1.98. The molecule has 0 unspecified atom stereocenters. The summed E-state index contributed by atoms with van der Waals surface area (Å²) in [5, 5.41) is 3.46. The summed E-state index contributed by atoms with van der Waals surface area (Å²) in [6.45, 7) is 3.70. The molecule has 0 radical (unpaired) electrons. The number of ether oxygens (including phenoxy) is 2. The zero-order valence-electron chi connectivity index (χ0n) is 10.7. The molecule has 0 saturated heterocycles. The Kier molecular flexibility index (Phi) is 4.13. The van der Waals surface area contributed by atoms with Gasteiger partial charge in [-0.15, -0.1) is 0 Å². The van der Waals surface area contributed by atoms with E-state index < -0.39 is 0 Å². The largest absolute Gasteiger partial charge is 0.493 e. The summed E-state index contributed by atoms with van der Waals surface area (Å²) in [7, 11) is 1.67. The molecule has 17 heavy (non-hydrogen) atoms. The molecule has 0 heterocycles. The van der Waals surface area contributed by atoms with E-state index >= 15 is 0 Å². The van der Waals surface area contributed by atoms with Crippen LogP contribution in [0.1, 0.15) is 26.2 Å². The maximum Gasteiger partial charge on any atom is 0.163 e. The number of anilines is 1. The topological polar surface area (TPSA) is 30.5 Å². The molecule has 3 heteroatoms. The lowest BCUT2D eigenvalue weighted by molar-refractivity contribution is 0.311. The smallest absolute Gasteiger partial charge is 0.163 e. The van der Waals surface area contributed by atoms with Crippen molar-refractivity contribution in [3.8, 4) is 11.5 Å². The van der Waals surface area contributed by atoms with Crippen LogP contribution in [0.25, 0.3) is 0 Å². The van der Waals surface area contributed by atoms with Gasteiger partial charge in [-0.25, -0.2) is 0 Å². The van der Waals surface area contributed by atoms with Crippen molar-refractivity contribution in [2.24, 2.45) is 5.92 Å². The molecule has 0 atom stereocenters. The van der Waals surface area contributed by atoms with Gasteiger partial charge in [0.25, 0.3) is 0 Å². The number of nitrogens with one attached hydrogen (secondary N) is 1. The maximum absolute atomic E-state index is 5.55. The van der Waals surface area contributed by atoms with E-state index in [1.54, 1.807) is 7.11 Å². The van der Waals surface area contributed by atoms with Crippen molar-refractivity contribution >= 4 is 5.69 Å². The third-order valence-electron chi connectivity index (χ3n) is 3.28. The molecule has 2 rings (SSSR count). The highest BCUT2D eigenvalue weighted by Crippen LogP contribution is 2.31. The summed E-state index contributed by atoms with van der Waals surface area (Å²) in [4.78, 5) is 0. The molecular formula is C14H21NO2. The Labute approximate surface area is 103 Å². The van der Waals surface area contributed by atoms with Crippen LogP contribution in [0.2, 0.25) is 0 Å². The van der Waals surface area contributed by atoms with Crippen LogP contribution < -0.4 is 14.8 Å². The fourth-order valence-electron chi connectivity index (χ4n) is 2.01. The van der Waals surface area contributed by atoms with E-state index in [9.17, 15) is 0 Å². The molecule has 0 amide bonds. The number of hydrogen-bond acceptors (Lipinski definition) is 3. The second kappa shape index (κ2) is 5.80.